The van der Waals surface area contributed by atoms with Crippen LogP contribution < -0.4 is 10.1 Å². The van der Waals surface area contributed by atoms with Crippen LogP contribution in [-0.4, -0.2) is 53.1 Å². The minimum Gasteiger partial charge on any atom is -0.480 e. The molecule has 32 heavy (non-hydrogen) atoms. The van der Waals surface area contributed by atoms with Crippen molar-refractivity contribution < 1.29 is 41.8 Å². The number of carbonyl (C=O) groups is 3. The van der Waals surface area contributed by atoms with Gasteiger partial charge in [0.2, 0.25) is 5.91 Å². The number of rotatable bonds is 6. The number of carboxylic acids is 1. The summed E-state index contributed by atoms with van der Waals surface area (Å²) in [5, 5.41) is 11.4. The van der Waals surface area contributed by atoms with Crippen LogP contribution in [0.2, 0.25) is 0 Å². The summed E-state index contributed by atoms with van der Waals surface area (Å²) < 4.78 is 57.2. The Hall–Kier alpha value is -3.63. The fraction of sp³-hybridized carbons (Fsp3) is 0.286. The van der Waals surface area contributed by atoms with Gasteiger partial charge in [0.1, 0.15) is 23.4 Å². The second kappa shape index (κ2) is 9.25. The zero-order chi connectivity index (χ0) is 23.5. The zero-order valence-electron chi connectivity index (χ0n) is 16.4. The number of nitrogens with zero attached hydrogens (tertiary/aromatic N) is 1. The van der Waals surface area contributed by atoms with Crippen LogP contribution in [0.4, 0.5) is 17.6 Å². The Bertz CT molecular complexity index is 993. The summed E-state index contributed by atoms with van der Waals surface area (Å²) >= 11 is 0. The monoisotopic (exact) mass is 454 g/mol. The molecule has 1 fully saturated rings. The highest BCUT2D eigenvalue weighted by atomic mass is 19.4. The number of ether oxygens (including phenoxy) is 1. The Morgan fingerprint density at radius 3 is 2.12 bits per heavy atom. The maximum atomic E-state index is 12.9. The van der Waals surface area contributed by atoms with E-state index >= 15 is 0 Å². The number of amides is 2. The highest BCUT2D eigenvalue weighted by Gasteiger charge is 2.50. The van der Waals surface area contributed by atoms with Crippen molar-refractivity contribution in [2.24, 2.45) is 5.92 Å². The van der Waals surface area contributed by atoms with E-state index in [2.05, 4.69) is 5.32 Å². The van der Waals surface area contributed by atoms with Gasteiger partial charge < -0.3 is 20.1 Å². The number of carbonyl (C=O) groups excluding carboxylic acids is 2. The molecule has 0 radical (unpaired) electrons. The predicted molar refractivity (Wildman–Crippen MR) is 103 cm³/mol. The molecule has 3 rings (SSSR count). The number of alkyl halides is 3. The number of carboxylic acid groups (broad SMARTS) is 1. The van der Waals surface area contributed by atoms with Gasteiger partial charge in [0.05, 0.1) is 12.5 Å². The van der Waals surface area contributed by atoms with E-state index in [1.807, 2.05) is 0 Å². The van der Waals surface area contributed by atoms with Gasteiger partial charge in [-0.25, -0.2) is 9.18 Å². The molecule has 1 aliphatic rings. The molecule has 0 spiro atoms. The van der Waals surface area contributed by atoms with Crippen molar-refractivity contribution in [2.45, 2.75) is 18.6 Å². The first-order chi connectivity index (χ1) is 15.0. The molecule has 2 aromatic carbocycles. The van der Waals surface area contributed by atoms with Crippen molar-refractivity contribution in [3.05, 3.63) is 59.9 Å². The first-order valence-corrected chi connectivity index (χ1v) is 9.45. The van der Waals surface area contributed by atoms with Crippen LogP contribution >= 0.6 is 0 Å². The standard InChI is InChI=1S/C21H18F4N2O5/c22-14-3-7-16(8-4-14)32-15-5-1-12(2-6-15)19(29)26-10-18(28)27-11-13(21(23,24)25)9-17(27)20(30)31/h1-8,13,17H,9-11H2,(H,26,29)(H,30,31)/t13-,17+/m1/s1. The van der Waals surface area contributed by atoms with Gasteiger partial charge in [-0.15, -0.1) is 0 Å². The molecule has 0 aromatic heterocycles. The molecule has 2 aromatic rings. The second-order valence-corrected chi connectivity index (χ2v) is 7.14. The van der Waals surface area contributed by atoms with E-state index in [9.17, 15) is 31.9 Å². The van der Waals surface area contributed by atoms with Crippen molar-refractivity contribution in [2.75, 3.05) is 13.1 Å². The molecule has 0 saturated carbocycles. The summed E-state index contributed by atoms with van der Waals surface area (Å²) in [5.41, 5.74) is 0.147. The van der Waals surface area contributed by atoms with Crippen molar-refractivity contribution in [1.82, 2.24) is 10.2 Å². The quantitative estimate of drug-likeness (QED) is 0.654. The molecule has 0 aliphatic carbocycles. The van der Waals surface area contributed by atoms with Crippen LogP contribution in [0.15, 0.2) is 48.5 Å². The number of nitrogens with one attached hydrogen (secondary N) is 1. The van der Waals surface area contributed by atoms with Crippen molar-refractivity contribution >= 4 is 17.8 Å². The number of hydrogen-bond acceptors (Lipinski definition) is 4. The number of hydrogen-bond donors (Lipinski definition) is 2. The van der Waals surface area contributed by atoms with Crippen LogP contribution in [0.5, 0.6) is 11.5 Å². The van der Waals surface area contributed by atoms with Crippen LogP contribution in [0.3, 0.4) is 0 Å². The fourth-order valence-corrected chi connectivity index (χ4v) is 3.26. The third kappa shape index (κ3) is 5.54. The van der Waals surface area contributed by atoms with Gasteiger partial charge in [-0.05, 0) is 55.0 Å². The fourth-order valence-electron chi connectivity index (χ4n) is 3.26. The third-order valence-corrected chi connectivity index (χ3v) is 4.94. The summed E-state index contributed by atoms with van der Waals surface area (Å²) in [6, 6.07) is 9.42. The first-order valence-electron chi connectivity index (χ1n) is 9.45. The summed E-state index contributed by atoms with van der Waals surface area (Å²) in [4.78, 5) is 36.4. The topological polar surface area (TPSA) is 95.9 Å². The summed E-state index contributed by atoms with van der Waals surface area (Å²) in [6.45, 7) is -1.42. The third-order valence-electron chi connectivity index (χ3n) is 4.94. The van der Waals surface area contributed by atoms with Gasteiger partial charge in [-0.3, -0.25) is 9.59 Å². The molecule has 170 valence electrons. The molecule has 2 atom stereocenters. The maximum Gasteiger partial charge on any atom is 0.393 e. The molecule has 0 unspecified atom stereocenters. The average Bonchev–Trinajstić information content (AvgIpc) is 3.20. The van der Waals surface area contributed by atoms with Crippen molar-refractivity contribution in [1.29, 1.82) is 0 Å². The highest BCUT2D eigenvalue weighted by Crippen LogP contribution is 2.36. The second-order valence-electron chi connectivity index (χ2n) is 7.14. The largest absolute Gasteiger partial charge is 0.480 e. The van der Waals surface area contributed by atoms with E-state index in [1.54, 1.807) is 0 Å². The highest BCUT2D eigenvalue weighted by molar-refractivity contribution is 5.97. The van der Waals surface area contributed by atoms with E-state index < -0.39 is 61.2 Å². The Morgan fingerprint density at radius 2 is 1.59 bits per heavy atom. The zero-order valence-corrected chi connectivity index (χ0v) is 16.4. The van der Waals surface area contributed by atoms with Gasteiger partial charge in [0, 0.05) is 12.1 Å². The molecule has 1 heterocycles. The molecule has 7 nitrogen and oxygen atoms in total. The Kier molecular flexibility index (Phi) is 6.66. The maximum absolute atomic E-state index is 12.9. The lowest BCUT2D eigenvalue weighted by molar-refractivity contribution is -0.171. The minimum absolute atomic E-state index is 0.147. The van der Waals surface area contributed by atoms with E-state index in [0.29, 0.717) is 16.4 Å². The van der Waals surface area contributed by atoms with Crippen molar-refractivity contribution in [3.63, 3.8) is 0 Å². The van der Waals surface area contributed by atoms with Gasteiger partial charge in [-0.1, -0.05) is 0 Å². The smallest absolute Gasteiger partial charge is 0.393 e. The molecule has 2 amide bonds. The average molecular weight is 454 g/mol. The normalized spacial score (nSPS) is 18.3. The van der Waals surface area contributed by atoms with Gasteiger partial charge in [0.25, 0.3) is 5.91 Å². The van der Waals surface area contributed by atoms with Gasteiger partial charge >= 0.3 is 12.1 Å². The lowest BCUT2D eigenvalue weighted by Gasteiger charge is -2.21. The van der Waals surface area contributed by atoms with Crippen LogP contribution in [0.1, 0.15) is 16.8 Å². The molecular formula is C21H18F4N2O5. The van der Waals surface area contributed by atoms with E-state index in [4.69, 9.17) is 9.84 Å². The number of benzene rings is 2. The SMILES string of the molecule is O=C(NCC(=O)N1C[C@H](C(F)(F)F)C[C@H]1C(=O)O)c1ccc(Oc2ccc(F)cc2)cc1. The van der Waals surface area contributed by atoms with E-state index in [-0.39, 0.29) is 5.56 Å². The van der Waals surface area contributed by atoms with Crippen molar-refractivity contribution in [3.8, 4) is 11.5 Å². The number of likely N-dealkylation sites (tertiary alicyclic amines) is 1. The Balaban J connectivity index is 1.57. The van der Waals surface area contributed by atoms with E-state index in [1.165, 1.54) is 48.5 Å². The van der Waals surface area contributed by atoms with Gasteiger partial charge in [0.15, 0.2) is 0 Å². The van der Waals surface area contributed by atoms with Crippen LogP contribution in [0, 0.1) is 11.7 Å². The van der Waals surface area contributed by atoms with E-state index in [0.717, 1.165) is 0 Å². The Labute approximate surface area is 179 Å². The summed E-state index contributed by atoms with van der Waals surface area (Å²) in [5.74, 6) is -4.74. The molecule has 1 aliphatic heterocycles. The molecule has 0 bridgehead atoms. The molecular weight excluding hydrogens is 436 g/mol. The summed E-state index contributed by atoms with van der Waals surface area (Å²) in [7, 11) is 0. The lowest BCUT2D eigenvalue weighted by Crippen LogP contribution is -2.45. The predicted octanol–water partition coefficient (Wildman–Crippen LogP) is 3.21. The first kappa shape index (κ1) is 23.0. The summed E-state index contributed by atoms with van der Waals surface area (Å²) in [6.07, 6.45) is -5.35. The minimum atomic E-state index is -4.62. The van der Waals surface area contributed by atoms with Gasteiger partial charge in [-0.2, -0.15) is 13.2 Å². The number of halogens is 4. The molecule has 11 heteroatoms. The Morgan fingerprint density at radius 1 is 1.03 bits per heavy atom. The van der Waals surface area contributed by atoms with Crippen LogP contribution in [0.25, 0.3) is 0 Å². The molecule has 2 N–H and O–H groups in total. The number of aliphatic carboxylic acids is 1. The lowest BCUT2D eigenvalue weighted by atomic mass is 10.1. The van der Waals surface area contributed by atoms with Crippen LogP contribution in [-0.2, 0) is 9.59 Å². The molecule has 1 saturated heterocycles.